The van der Waals surface area contributed by atoms with Gasteiger partial charge in [-0.1, -0.05) is 25.3 Å². The molecule has 2 rings (SSSR count). The Morgan fingerprint density at radius 1 is 1.29 bits per heavy atom. The predicted molar refractivity (Wildman–Crippen MR) is 73.1 cm³/mol. The Bertz CT molecular complexity index is 416. The number of amides is 1. The summed E-state index contributed by atoms with van der Waals surface area (Å²) >= 11 is 2.09. The fourth-order valence-corrected chi connectivity index (χ4v) is 3.09. The normalized spacial score (nSPS) is 18.7. The maximum atomic E-state index is 14.0. The van der Waals surface area contributed by atoms with Crippen molar-refractivity contribution < 1.29 is 9.18 Å². The lowest BCUT2D eigenvalue weighted by molar-refractivity contribution is -0.111. The molecule has 0 atom stereocenters. The van der Waals surface area contributed by atoms with Crippen molar-refractivity contribution in [1.82, 2.24) is 5.32 Å². The average molecular weight is 347 g/mol. The highest BCUT2D eigenvalue weighted by Gasteiger charge is 2.35. The first-order chi connectivity index (χ1) is 8.18. The van der Waals surface area contributed by atoms with Crippen molar-refractivity contribution in [2.24, 2.45) is 0 Å². The smallest absolute Gasteiger partial charge is 0.207 e. The topological polar surface area (TPSA) is 29.1 Å². The fraction of sp³-hybridized carbons (Fsp3) is 0.462. The highest BCUT2D eigenvalue weighted by atomic mass is 127. The van der Waals surface area contributed by atoms with Gasteiger partial charge in [-0.25, -0.2) is 4.39 Å². The molecule has 0 saturated heterocycles. The van der Waals surface area contributed by atoms with Gasteiger partial charge in [0.2, 0.25) is 6.41 Å². The van der Waals surface area contributed by atoms with E-state index in [2.05, 4.69) is 27.9 Å². The van der Waals surface area contributed by atoms with Gasteiger partial charge in [-0.3, -0.25) is 4.79 Å². The molecule has 1 aliphatic carbocycles. The van der Waals surface area contributed by atoms with Gasteiger partial charge in [0.05, 0.1) is 5.54 Å². The zero-order chi connectivity index (χ0) is 12.3. The third-order valence-electron chi connectivity index (χ3n) is 3.49. The molecule has 17 heavy (non-hydrogen) atoms. The summed E-state index contributed by atoms with van der Waals surface area (Å²) in [5.74, 6) is -0.215. The Hall–Kier alpha value is -0.650. The summed E-state index contributed by atoms with van der Waals surface area (Å²) < 4.78 is 14.9. The first-order valence-corrected chi connectivity index (χ1v) is 6.93. The molecular weight excluding hydrogens is 332 g/mol. The maximum Gasteiger partial charge on any atom is 0.207 e. The predicted octanol–water partition coefficient (Wildman–Crippen LogP) is 3.34. The number of nitrogens with one attached hydrogen (secondary N) is 1. The molecule has 0 radical (unpaired) electrons. The monoisotopic (exact) mass is 347 g/mol. The van der Waals surface area contributed by atoms with Crippen LogP contribution in [0, 0.1) is 9.39 Å². The average Bonchev–Trinajstić information content (AvgIpc) is 2.30. The lowest BCUT2D eigenvalue weighted by atomic mass is 9.76. The van der Waals surface area contributed by atoms with E-state index in [9.17, 15) is 9.18 Å². The molecule has 1 aliphatic rings. The number of hydrogen-bond donors (Lipinski definition) is 1. The highest BCUT2D eigenvalue weighted by Crippen LogP contribution is 2.38. The number of carbonyl (C=O) groups excluding carboxylic acids is 1. The molecule has 4 heteroatoms. The summed E-state index contributed by atoms with van der Waals surface area (Å²) in [4.78, 5) is 10.8. The van der Waals surface area contributed by atoms with Crippen LogP contribution in [0.2, 0.25) is 0 Å². The number of halogens is 2. The van der Waals surface area contributed by atoms with Crippen molar-refractivity contribution in [3.05, 3.63) is 33.1 Å². The Labute approximate surface area is 114 Å². The second kappa shape index (κ2) is 5.33. The molecule has 92 valence electrons. The van der Waals surface area contributed by atoms with E-state index in [1.54, 1.807) is 6.07 Å². The number of carbonyl (C=O) groups is 1. The van der Waals surface area contributed by atoms with Crippen molar-refractivity contribution in [2.45, 2.75) is 37.6 Å². The number of benzene rings is 1. The van der Waals surface area contributed by atoms with Gasteiger partial charge in [0.25, 0.3) is 0 Å². The zero-order valence-electron chi connectivity index (χ0n) is 9.51. The molecule has 1 amide bonds. The minimum absolute atomic E-state index is 0.215. The van der Waals surface area contributed by atoms with Crippen molar-refractivity contribution in [3.63, 3.8) is 0 Å². The lowest BCUT2D eigenvalue weighted by Crippen LogP contribution is -2.44. The molecule has 0 unspecified atom stereocenters. The van der Waals surface area contributed by atoms with Crippen LogP contribution in [-0.4, -0.2) is 6.41 Å². The molecule has 2 nitrogen and oxygen atoms in total. The Kier molecular flexibility index (Phi) is 4.01. The summed E-state index contributed by atoms with van der Waals surface area (Å²) in [6.07, 6.45) is 5.57. The fourth-order valence-electron chi connectivity index (χ4n) is 2.64. The standard InChI is InChI=1S/C13H15FINO/c14-12-8-10(15)4-5-11(12)13(16-9-17)6-2-1-3-7-13/h4-5,8-9H,1-3,6-7H2,(H,16,17). The van der Waals surface area contributed by atoms with Crippen LogP contribution in [0.5, 0.6) is 0 Å². The highest BCUT2D eigenvalue weighted by molar-refractivity contribution is 14.1. The largest absolute Gasteiger partial charge is 0.349 e. The van der Waals surface area contributed by atoms with Crippen LogP contribution in [0.3, 0.4) is 0 Å². The van der Waals surface area contributed by atoms with E-state index in [4.69, 9.17) is 0 Å². The van der Waals surface area contributed by atoms with Crippen LogP contribution in [-0.2, 0) is 10.3 Å². The number of hydrogen-bond acceptors (Lipinski definition) is 1. The van der Waals surface area contributed by atoms with E-state index in [1.165, 1.54) is 6.07 Å². The van der Waals surface area contributed by atoms with Crippen LogP contribution >= 0.6 is 22.6 Å². The molecule has 1 saturated carbocycles. The molecular formula is C13H15FINO. The molecule has 1 fully saturated rings. The van der Waals surface area contributed by atoms with E-state index < -0.39 is 5.54 Å². The Morgan fingerprint density at radius 2 is 2.00 bits per heavy atom. The third kappa shape index (κ3) is 2.61. The maximum absolute atomic E-state index is 14.0. The summed E-state index contributed by atoms with van der Waals surface area (Å²) in [5, 5.41) is 2.85. The first-order valence-electron chi connectivity index (χ1n) is 5.85. The van der Waals surface area contributed by atoms with E-state index in [0.29, 0.717) is 12.0 Å². The zero-order valence-corrected chi connectivity index (χ0v) is 11.7. The second-order valence-corrected chi connectivity index (χ2v) is 5.77. The molecule has 0 aromatic heterocycles. The molecule has 1 N–H and O–H groups in total. The van der Waals surface area contributed by atoms with Gasteiger partial charge in [-0.05, 0) is 47.6 Å². The van der Waals surface area contributed by atoms with E-state index in [-0.39, 0.29) is 5.82 Å². The Balaban J connectivity index is 2.40. The molecule has 1 aromatic rings. The molecule has 0 heterocycles. The van der Waals surface area contributed by atoms with Gasteiger partial charge in [0.15, 0.2) is 0 Å². The van der Waals surface area contributed by atoms with E-state index in [0.717, 1.165) is 35.7 Å². The minimum Gasteiger partial charge on any atom is -0.349 e. The van der Waals surface area contributed by atoms with E-state index in [1.807, 2.05) is 6.07 Å². The van der Waals surface area contributed by atoms with Crippen LogP contribution in [0.1, 0.15) is 37.7 Å². The van der Waals surface area contributed by atoms with Crippen LogP contribution in [0.15, 0.2) is 18.2 Å². The van der Waals surface area contributed by atoms with Gasteiger partial charge < -0.3 is 5.32 Å². The summed E-state index contributed by atoms with van der Waals surface area (Å²) in [7, 11) is 0. The Morgan fingerprint density at radius 3 is 2.59 bits per heavy atom. The molecule has 0 aliphatic heterocycles. The minimum atomic E-state index is -0.492. The van der Waals surface area contributed by atoms with Crippen LogP contribution in [0.25, 0.3) is 0 Å². The summed E-state index contributed by atoms with van der Waals surface area (Å²) in [6.45, 7) is 0. The molecule has 1 aromatic carbocycles. The second-order valence-electron chi connectivity index (χ2n) is 4.53. The third-order valence-corrected chi connectivity index (χ3v) is 4.16. The van der Waals surface area contributed by atoms with Crippen molar-refractivity contribution in [2.75, 3.05) is 0 Å². The van der Waals surface area contributed by atoms with Crippen LogP contribution in [0.4, 0.5) is 4.39 Å². The van der Waals surface area contributed by atoms with Gasteiger partial charge in [-0.15, -0.1) is 0 Å². The molecule has 0 bridgehead atoms. The van der Waals surface area contributed by atoms with E-state index >= 15 is 0 Å². The quantitative estimate of drug-likeness (QED) is 0.660. The van der Waals surface area contributed by atoms with Crippen molar-refractivity contribution >= 4 is 29.0 Å². The lowest BCUT2D eigenvalue weighted by Gasteiger charge is -2.37. The van der Waals surface area contributed by atoms with Gasteiger partial charge in [-0.2, -0.15) is 0 Å². The summed E-state index contributed by atoms with van der Waals surface area (Å²) in [6, 6.07) is 5.22. The van der Waals surface area contributed by atoms with Gasteiger partial charge in [0.1, 0.15) is 5.82 Å². The van der Waals surface area contributed by atoms with Gasteiger partial charge >= 0.3 is 0 Å². The van der Waals surface area contributed by atoms with Gasteiger partial charge in [0, 0.05) is 9.13 Å². The summed E-state index contributed by atoms with van der Waals surface area (Å²) in [5.41, 5.74) is 0.138. The van der Waals surface area contributed by atoms with Crippen molar-refractivity contribution in [1.29, 1.82) is 0 Å². The molecule has 0 spiro atoms. The van der Waals surface area contributed by atoms with Crippen molar-refractivity contribution in [3.8, 4) is 0 Å². The van der Waals surface area contributed by atoms with Crippen LogP contribution < -0.4 is 5.32 Å². The SMILES string of the molecule is O=CNC1(c2ccc(I)cc2F)CCCCC1. The first kappa shape index (κ1) is 12.8. The number of rotatable bonds is 3.